The van der Waals surface area contributed by atoms with Gasteiger partial charge in [-0.25, -0.2) is 9.97 Å². The Morgan fingerprint density at radius 2 is 2.12 bits per heavy atom. The van der Waals surface area contributed by atoms with Crippen LogP contribution in [0.25, 0.3) is 0 Å². The Kier molecular flexibility index (Phi) is 5.05. The number of hydrogen-bond acceptors (Lipinski definition) is 6. The first kappa shape index (κ1) is 16.4. The number of piperidine rings is 1. The number of likely N-dealkylation sites (tertiary alicyclic amines) is 1. The van der Waals surface area contributed by atoms with Crippen molar-refractivity contribution < 1.29 is 9.59 Å². The second kappa shape index (κ2) is 7.39. The van der Waals surface area contributed by atoms with Gasteiger partial charge in [0.2, 0.25) is 11.8 Å². The molecule has 0 spiro atoms. The third-order valence-electron chi connectivity index (χ3n) is 4.03. The van der Waals surface area contributed by atoms with Gasteiger partial charge in [-0.05, 0) is 25.0 Å². The van der Waals surface area contributed by atoms with Crippen LogP contribution in [0.2, 0.25) is 0 Å². The molecule has 0 atom stereocenters. The summed E-state index contributed by atoms with van der Waals surface area (Å²) in [6.45, 7) is 1.16. The van der Waals surface area contributed by atoms with E-state index in [0.29, 0.717) is 31.1 Å². The summed E-state index contributed by atoms with van der Waals surface area (Å²) < 4.78 is 0. The third-order valence-corrected chi connectivity index (χ3v) is 4.84. The summed E-state index contributed by atoms with van der Waals surface area (Å²) in [7, 11) is 0. The molecule has 2 aromatic rings. The van der Waals surface area contributed by atoms with Gasteiger partial charge in [0.15, 0.2) is 5.13 Å². The average molecular weight is 345 g/mol. The predicted octanol–water partition coefficient (Wildman–Crippen LogP) is 1.55. The number of carbonyl (C=O) groups is 2. The van der Waals surface area contributed by atoms with Gasteiger partial charge in [-0.3, -0.25) is 9.59 Å². The van der Waals surface area contributed by atoms with Crippen LogP contribution >= 0.6 is 11.3 Å². The maximum atomic E-state index is 12.4. The molecule has 2 amide bonds. The Morgan fingerprint density at radius 1 is 1.33 bits per heavy atom. The number of amides is 2. The number of nitrogens with one attached hydrogen (secondary N) is 1. The van der Waals surface area contributed by atoms with Gasteiger partial charge in [0.25, 0.3) is 0 Å². The average Bonchev–Trinajstić information content (AvgIpc) is 3.02. The highest BCUT2D eigenvalue weighted by atomic mass is 32.1. The van der Waals surface area contributed by atoms with Gasteiger partial charge >= 0.3 is 0 Å². The van der Waals surface area contributed by atoms with Gasteiger partial charge in [-0.1, -0.05) is 6.07 Å². The van der Waals surface area contributed by atoms with E-state index in [2.05, 4.69) is 15.3 Å². The number of anilines is 2. The molecular weight excluding hydrogens is 326 g/mol. The molecule has 0 saturated carbocycles. The van der Waals surface area contributed by atoms with Gasteiger partial charge < -0.3 is 16.0 Å². The van der Waals surface area contributed by atoms with Gasteiger partial charge in [-0.2, -0.15) is 0 Å². The number of nitrogens with zero attached hydrogens (tertiary/aromatic N) is 3. The SMILES string of the molecule is NC(=O)C1CCN(C(=O)Cc2csc(Nc3ccccn3)n2)CC1. The molecule has 1 saturated heterocycles. The molecule has 1 aliphatic heterocycles. The normalized spacial score (nSPS) is 15.2. The van der Waals surface area contributed by atoms with Crippen LogP contribution in [0.5, 0.6) is 0 Å². The maximum absolute atomic E-state index is 12.4. The maximum Gasteiger partial charge on any atom is 0.228 e. The molecular formula is C16H19N5O2S. The molecule has 0 aromatic carbocycles. The molecule has 3 rings (SSSR count). The summed E-state index contributed by atoms with van der Waals surface area (Å²) in [6.07, 6.45) is 3.26. The molecule has 1 aliphatic rings. The third kappa shape index (κ3) is 4.08. The minimum Gasteiger partial charge on any atom is -0.369 e. The van der Waals surface area contributed by atoms with Crippen molar-refractivity contribution in [2.75, 3.05) is 18.4 Å². The highest BCUT2D eigenvalue weighted by Gasteiger charge is 2.26. The van der Waals surface area contributed by atoms with Crippen molar-refractivity contribution in [3.05, 3.63) is 35.5 Å². The standard InChI is InChI=1S/C16H19N5O2S/c17-15(23)11-4-7-21(8-5-11)14(22)9-12-10-24-16(19-12)20-13-3-1-2-6-18-13/h1-3,6,10-11H,4-5,7-9H2,(H2,17,23)(H,18,19,20). The van der Waals surface area contributed by atoms with Crippen LogP contribution in [0.1, 0.15) is 18.5 Å². The van der Waals surface area contributed by atoms with Crippen molar-refractivity contribution in [2.45, 2.75) is 19.3 Å². The smallest absolute Gasteiger partial charge is 0.228 e. The van der Waals surface area contributed by atoms with E-state index < -0.39 is 0 Å². The molecule has 0 aliphatic carbocycles. The van der Waals surface area contributed by atoms with Crippen LogP contribution < -0.4 is 11.1 Å². The Morgan fingerprint density at radius 3 is 2.79 bits per heavy atom. The van der Waals surface area contributed by atoms with E-state index in [-0.39, 0.29) is 24.2 Å². The molecule has 3 N–H and O–H groups in total. The second-order valence-corrected chi connectivity index (χ2v) is 6.58. The number of carbonyl (C=O) groups excluding carboxylic acids is 2. The summed E-state index contributed by atoms with van der Waals surface area (Å²) in [5, 5.41) is 5.70. The summed E-state index contributed by atoms with van der Waals surface area (Å²) in [5.74, 6) is 0.375. The van der Waals surface area contributed by atoms with Crippen molar-refractivity contribution in [1.29, 1.82) is 0 Å². The van der Waals surface area contributed by atoms with E-state index in [0.717, 1.165) is 11.5 Å². The van der Waals surface area contributed by atoms with E-state index in [9.17, 15) is 9.59 Å². The van der Waals surface area contributed by atoms with Gasteiger partial charge in [0.1, 0.15) is 5.82 Å². The number of thiazole rings is 1. The fourth-order valence-electron chi connectivity index (χ4n) is 2.67. The lowest BCUT2D eigenvalue weighted by Gasteiger charge is -2.30. The molecule has 126 valence electrons. The Hall–Kier alpha value is -2.48. The highest BCUT2D eigenvalue weighted by Crippen LogP contribution is 2.21. The Labute approximate surface area is 143 Å². The summed E-state index contributed by atoms with van der Waals surface area (Å²) in [6, 6.07) is 5.59. The molecule has 8 heteroatoms. The van der Waals surface area contributed by atoms with E-state index in [1.165, 1.54) is 11.3 Å². The number of aromatic nitrogens is 2. The number of primary amides is 1. The molecule has 7 nitrogen and oxygen atoms in total. The summed E-state index contributed by atoms with van der Waals surface area (Å²) in [5.41, 5.74) is 6.05. The summed E-state index contributed by atoms with van der Waals surface area (Å²) in [4.78, 5) is 33.9. The summed E-state index contributed by atoms with van der Waals surface area (Å²) >= 11 is 1.44. The van der Waals surface area contributed by atoms with Crippen molar-refractivity contribution in [2.24, 2.45) is 11.7 Å². The monoisotopic (exact) mass is 345 g/mol. The van der Waals surface area contributed by atoms with Crippen molar-refractivity contribution >= 4 is 34.1 Å². The quantitative estimate of drug-likeness (QED) is 0.856. The lowest BCUT2D eigenvalue weighted by Crippen LogP contribution is -2.42. The van der Waals surface area contributed by atoms with Crippen LogP contribution in [-0.4, -0.2) is 39.8 Å². The fourth-order valence-corrected chi connectivity index (χ4v) is 3.39. The first-order valence-electron chi connectivity index (χ1n) is 7.81. The van der Waals surface area contributed by atoms with Crippen LogP contribution in [0.4, 0.5) is 10.9 Å². The number of hydrogen-bond donors (Lipinski definition) is 2. The largest absolute Gasteiger partial charge is 0.369 e. The lowest BCUT2D eigenvalue weighted by molar-refractivity contribution is -0.134. The molecule has 1 fully saturated rings. The molecule has 2 aromatic heterocycles. The van der Waals surface area contributed by atoms with E-state index in [1.54, 1.807) is 11.1 Å². The van der Waals surface area contributed by atoms with Gasteiger partial charge in [0.05, 0.1) is 12.1 Å². The van der Waals surface area contributed by atoms with Crippen LogP contribution in [0.3, 0.4) is 0 Å². The molecule has 0 radical (unpaired) electrons. The zero-order chi connectivity index (χ0) is 16.9. The fraction of sp³-hybridized carbons (Fsp3) is 0.375. The number of pyridine rings is 1. The molecule has 0 bridgehead atoms. The predicted molar refractivity (Wildman–Crippen MR) is 91.8 cm³/mol. The molecule has 0 unspecified atom stereocenters. The van der Waals surface area contributed by atoms with Crippen molar-refractivity contribution in [3.8, 4) is 0 Å². The zero-order valence-electron chi connectivity index (χ0n) is 13.1. The van der Waals surface area contributed by atoms with E-state index in [1.807, 2.05) is 23.6 Å². The van der Waals surface area contributed by atoms with Crippen LogP contribution in [0, 0.1) is 5.92 Å². The van der Waals surface area contributed by atoms with Crippen molar-refractivity contribution in [1.82, 2.24) is 14.9 Å². The van der Waals surface area contributed by atoms with E-state index >= 15 is 0 Å². The minimum atomic E-state index is -0.271. The molecule has 3 heterocycles. The van der Waals surface area contributed by atoms with Crippen LogP contribution in [-0.2, 0) is 16.0 Å². The van der Waals surface area contributed by atoms with Gasteiger partial charge in [0, 0.05) is 30.6 Å². The highest BCUT2D eigenvalue weighted by molar-refractivity contribution is 7.13. The lowest BCUT2D eigenvalue weighted by atomic mass is 9.96. The minimum absolute atomic E-state index is 0.0348. The van der Waals surface area contributed by atoms with E-state index in [4.69, 9.17) is 5.73 Å². The molecule has 24 heavy (non-hydrogen) atoms. The Bertz CT molecular complexity index is 710. The number of nitrogens with two attached hydrogens (primary N) is 1. The Balaban J connectivity index is 1.53. The second-order valence-electron chi connectivity index (χ2n) is 5.72. The zero-order valence-corrected chi connectivity index (χ0v) is 14.0. The first-order valence-corrected chi connectivity index (χ1v) is 8.69. The van der Waals surface area contributed by atoms with Crippen molar-refractivity contribution in [3.63, 3.8) is 0 Å². The topological polar surface area (TPSA) is 101 Å². The number of rotatable bonds is 5. The van der Waals surface area contributed by atoms with Crippen LogP contribution in [0.15, 0.2) is 29.8 Å². The first-order chi connectivity index (χ1) is 11.6. The van der Waals surface area contributed by atoms with Gasteiger partial charge in [-0.15, -0.1) is 11.3 Å².